The first-order valence-electron chi connectivity index (χ1n) is 9.83. The smallest absolute Gasteiger partial charge is 0.270 e. The van der Waals surface area contributed by atoms with Crippen LogP contribution in [0, 0.1) is 5.82 Å². The van der Waals surface area contributed by atoms with Gasteiger partial charge in [0.15, 0.2) is 0 Å². The number of benzene rings is 2. The van der Waals surface area contributed by atoms with Crippen LogP contribution in [-0.2, 0) is 13.7 Å². The quantitative estimate of drug-likeness (QED) is 0.720. The number of hydrogen-bond acceptors (Lipinski definition) is 4. The van der Waals surface area contributed by atoms with Crippen molar-refractivity contribution >= 4 is 16.8 Å². The molecule has 0 saturated carbocycles. The number of aromatic nitrogens is 2. The van der Waals surface area contributed by atoms with Gasteiger partial charge in [0.1, 0.15) is 23.9 Å². The summed E-state index contributed by atoms with van der Waals surface area (Å²) in [7, 11) is 3.86. The second-order valence-corrected chi connectivity index (χ2v) is 7.58. The van der Waals surface area contributed by atoms with Crippen LogP contribution in [0.1, 0.15) is 28.9 Å². The Hall–Kier alpha value is -2.93. The van der Waals surface area contributed by atoms with Crippen molar-refractivity contribution in [1.82, 2.24) is 20.0 Å². The van der Waals surface area contributed by atoms with Crippen molar-refractivity contribution in [2.24, 2.45) is 7.05 Å². The van der Waals surface area contributed by atoms with Crippen LogP contribution in [0.2, 0.25) is 0 Å². The van der Waals surface area contributed by atoms with Gasteiger partial charge in [0.2, 0.25) is 0 Å². The molecule has 0 spiro atoms. The fourth-order valence-corrected chi connectivity index (χ4v) is 3.72. The third-order valence-electron chi connectivity index (χ3n) is 5.43. The zero-order valence-electron chi connectivity index (χ0n) is 16.7. The second kappa shape index (κ2) is 8.21. The maximum absolute atomic E-state index is 13.8. The van der Waals surface area contributed by atoms with Gasteiger partial charge in [-0.2, -0.15) is 5.10 Å². The van der Waals surface area contributed by atoms with Crippen LogP contribution in [0.25, 0.3) is 10.9 Å². The topological polar surface area (TPSA) is 59.4 Å². The molecule has 3 aromatic rings. The lowest BCUT2D eigenvalue weighted by Crippen LogP contribution is -2.43. The van der Waals surface area contributed by atoms with Crippen molar-refractivity contribution in [2.75, 3.05) is 20.1 Å². The molecule has 1 N–H and O–H groups in total. The molecule has 1 saturated heterocycles. The van der Waals surface area contributed by atoms with Crippen molar-refractivity contribution < 1.29 is 13.9 Å². The van der Waals surface area contributed by atoms with Crippen LogP contribution >= 0.6 is 0 Å². The summed E-state index contributed by atoms with van der Waals surface area (Å²) in [6.07, 6.45) is 1.88. The molecule has 152 valence electrons. The van der Waals surface area contributed by atoms with E-state index in [1.807, 2.05) is 6.07 Å². The SMILES string of the molecule is CN1CCC(NC(=O)c2c3cc(OCc4ccccc4F)ccc3nn2C)CC1. The number of likely N-dealkylation sites (tertiary alicyclic amines) is 1. The van der Waals surface area contributed by atoms with Crippen molar-refractivity contribution in [3.63, 3.8) is 0 Å². The van der Waals surface area contributed by atoms with Crippen molar-refractivity contribution in [3.05, 3.63) is 59.5 Å². The molecule has 2 heterocycles. The van der Waals surface area contributed by atoms with Gasteiger partial charge in [0.25, 0.3) is 5.91 Å². The molecule has 6 nitrogen and oxygen atoms in total. The third kappa shape index (κ3) is 4.24. The summed E-state index contributed by atoms with van der Waals surface area (Å²) >= 11 is 0. The predicted molar refractivity (Wildman–Crippen MR) is 109 cm³/mol. The van der Waals surface area contributed by atoms with Gasteiger partial charge in [-0.05, 0) is 57.2 Å². The maximum Gasteiger partial charge on any atom is 0.270 e. The summed E-state index contributed by atoms with van der Waals surface area (Å²) in [6.45, 7) is 2.08. The number of rotatable bonds is 5. The molecule has 1 amide bonds. The standard InChI is InChI=1S/C22H25FN4O2/c1-26-11-9-16(10-12-26)24-22(28)21-18-13-17(7-8-20(18)25-27(21)2)29-14-15-5-3-4-6-19(15)23/h3-8,13,16H,9-12,14H2,1-2H3,(H,24,28). The molecule has 29 heavy (non-hydrogen) atoms. The van der Waals surface area contributed by atoms with Crippen molar-refractivity contribution in [2.45, 2.75) is 25.5 Å². The number of nitrogens with one attached hydrogen (secondary N) is 1. The number of amides is 1. The van der Waals surface area contributed by atoms with Crippen molar-refractivity contribution in [1.29, 1.82) is 0 Å². The van der Waals surface area contributed by atoms with Crippen molar-refractivity contribution in [3.8, 4) is 5.75 Å². The van der Waals surface area contributed by atoms with Gasteiger partial charge in [-0.3, -0.25) is 9.48 Å². The fraction of sp³-hybridized carbons (Fsp3) is 0.364. The Kier molecular flexibility index (Phi) is 5.49. The zero-order chi connectivity index (χ0) is 20.4. The van der Waals surface area contributed by atoms with E-state index in [9.17, 15) is 9.18 Å². The molecule has 1 fully saturated rings. The van der Waals surface area contributed by atoms with E-state index in [0.717, 1.165) is 36.8 Å². The second-order valence-electron chi connectivity index (χ2n) is 7.58. The van der Waals surface area contributed by atoms with Gasteiger partial charge in [-0.1, -0.05) is 18.2 Å². The Bertz CT molecular complexity index is 1020. The van der Waals surface area contributed by atoms with Crippen LogP contribution < -0.4 is 10.1 Å². The van der Waals surface area contributed by atoms with Gasteiger partial charge in [-0.15, -0.1) is 0 Å². The summed E-state index contributed by atoms with van der Waals surface area (Å²) in [4.78, 5) is 15.2. The van der Waals surface area contributed by atoms with E-state index >= 15 is 0 Å². The predicted octanol–water partition coefficient (Wildman–Crippen LogP) is 3.12. The minimum absolute atomic E-state index is 0.121. The molecule has 0 aliphatic carbocycles. The highest BCUT2D eigenvalue weighted by Crippen LogP contribution is 2.25. The number of halogens is 1. The minimum atomic E-state index is -0.298. The summed E-state index contributed by atoms with van der Waals surface area (Å²) in [5.74, 6) is 0.144. The Balaban J connectivity index is 1.53. The lowest BCUT2D eigenvalue weighted by molar-refractivity contribution is 0.0909. The summed E-state index contributed by atoms with van der Waals surface area (Å²) in [6, 6.07) is 12.1. The van der Waals surface area contributed by atoms with E-state index in [1.54, 1.807) is 42.1 Å². The molecule has 0 unspecified atom stereocenters. The molecular weight excluding hydrogens is 371 g/mol. The molecule has 2 aromatic carbocycles. The normalized spacial score (nSPS) is 15.6. The summed E-state index contributed by atoms with van der Waals surface area (Å²) in [5.41, 5.74) is 1.72. The Morgan fingerprint density at radius 3 is 2.72 bits per heavy atom. The van der Waals surface area contributed by atoms with Crippen LogP contribution in [-0.4, -0.2) is 46.8 Å². The van der Waals surface area contributed by atoms with E-state index < -0.39 is 0 Å². The number of carbonyl (C=O) groups excluding carboxylic acids is 1. The molecule has 0 radical (unpaired) electrons. The number of nitrogens with zero attached hydrogens (tertiary/aromatic N) is 3. The van der Waals surface area contributed by atoms with Gasteiger partial charge >= 0.3 is 0 Å². The monoisotopic (exact) mass is 396 g/mol. The molecule has 1 aliphatic heterocycles. The number of carbonyl (C=O) groups is 1. The van der Waals surface area contributed by atoms with Gasteiger partial charge < -0.3 is 15.0 Å². The average molecular weight is 396 g/mol. The molecule has 0 atom stereocenters. The average Bonchev–Trinajstić information content (AvgIpc) is 3.04. The largest absolute Gasteiger partial charge is 0.489 e. The number of piperidine rings is 1. The van der Waals surface area contributed by atoms with E-state index in [0.29, 0.717) is 17.0 Å². The molecule has 0 bridgehead atoms. The lowest BCUT2D eigenvalue weighted by atomic mass is 10.1. The highest BCUT2D eigenvalue weighted by molar-refractivity contribution is 6.05. The van der Waals surface area contributed by atoms with Crippen LogP contribution in [0.5, 0.6) is 5.75 Å². The van der Waals surface area contributed by atoms with Crippen LogP contribution in [0.15, 0.2) is 42.5 Å². The number of aryl methyl sites for hydroxylation is 1. The molecule has 7 heteroatoms. The Labute approximate surface area is 169 Å². The first-order chi connectivity index (χ1) is 14.0. The van der Waals surface area contributed by atoms with Gasteiger partial charge in [0.05, 0.1) is 5.52 Å². The first kappa shape index (κ1) is 19.4. The van der Waals surface area contributed by atoms with Crippen LogP contribution in [0.4, 0.5) is 4.39 Å². The van der Waals surface area contributed by atoms with E-state index in [4.69, 9.17) is 4.74 Å². The molecule has 1 aliphatic rings. The molecule has 1 aromatic heterocycles. The Morgan fingerprint density at radius 2 is 1.97 bits per heavy atom. The van der Waals surface area contributed by atoms with E-state index in [2.05, 4.69) is 22.4 Å². The van der Waals surface area contributed by atoms with E-state index in [1.165, 1.54) is 6.07 Å². The number of hydrogen-bond donors (Lipinski definition) is 1. The Morgan fingerprint density at radius 1 is 1.21 bits per heavy atom. The van der Waals surface area contributed by atoms with E-state index in [-0.39, 0.29) is 24.4 Å². The zero-order valence-corrected chi connectivity index (χ0v) is 16.7. The van der Waals surface area contributed by atoms with Crippen LogP contribution in [0.3, 0.4) is 0 Å². The summed E-state index contributed by atoms with van der Waals surface area (Å²) in [5, 5.41) is 8.31. The first-order valence-corrected chi connectivity index (χ1v) is 9.83. The minimum Gasteiger partial charge on any atom is -0.489 e. The molecular formula is C22H25FN4O2. The highest BCUT2D eigenvalue weighted by atomic mass is 19.1. The lowest BCUT2D eigenvalue weighted by Gasteiger charge is -2.29. The number of ether oxygens (including phenoxy) is 1. The van der Waals surface area contributed by atoms with Gasteiger partial charge in [-0.25, -0.2) is 4.39 Å². The fourth-order valence-electron chi connectivity index (χ4n) is 3.72. The maximum atomic E-state index is 13.8. The summed E-state index contributed by atoms with van der Waals surface area (Å²) < 4.78 is 21.2. The van der Waals surface area contributed by atoms with Gasteiger partial charge in [0, 0.05) is 24.0 Å². The number of fused-ring (bicyclic) bond motifs is 1. The molecule has 4 rings (SSSR count). The third-order valence-corrected chi connectivity index (χ3v) is 5.43. The highest BCUT2D eigenvalue weighted by Gasteiger charge is 2.23.